The Labute approximate surface area is 158 Å². The maximum absolute atomic E-state index is 10.6. The molecule has 3 aromatic rings. The molecule has 3 rings (SSSR count). The number of aromatic nitrogens is 3. The Morgan fingerprint density at radius 1 is 1.25 bits per heavy atom. The lowest BCUT2D eigenvalue weighted by atomic mass is 10.0. The van der Waals surface area contributed by atoms with Crippen LogP contribution in [0.2, 0.25) is 0 Å². The van der Waals surface area contributed by atoms with Crippen molar-refractivity contribution in [1.29, 1.82) is 5.26 Å². The first-order valence-electron chi connectivity index (χ1n) is 7.29. The zero-order chi connectivity index (χ0) is 20.0. The van der Waals surface area contributed by atoms with Crippen LogP contribution in [0.1, 0.15) is 13.0 Å². The summed E-state index contributed by atoms with van der Waals surface area (Å²) >= 11 is 0. The van der Waals surface area contributed by atoms with Crippen molar-refractivity contribution in [2.45, 2.75) is 13.6 Å². The molecule has 0 saturated carbocycles. The van der Waals surface area contributed by atoms with Gasteiger partial charge in [0.25, 0.3) is 0 Å². The van der Waals surface area contributed by atoms with E-state index >= 15 is 0 Å². The van der Waals surface area contributed by atoms with E-state index in [2.05, 4.69) is 21.0 Å². The number of H-pyrrole nitrogens is 1. The number of hydrogen-bond donors (Lipinski definition) is 3. The Hall–Kier alpha value is -3.87. The van der Waals surface area contributed by atoms with Crippen molar-refractivity contribution in [2.75, 3.05) is 5.73 Å². The van der Waals surface area contributed by atoms with Crippen molar-refractivity contribution in [3.8, 4) is 28.6 Å². The minimum atomic E-state index is -5.08. The van der Waals surface area contributed by atoms with Gasteiger partial charge in [-0.2, -0.15) is 18.4 Å². The fourth-order valence-corrected chi connectivity index (χ4v) is 2.05. The first kappa shape index (κ1) is 22.2. The number of aromatic amines is 1. The van der Waals surface area contributed by atoms with E-state index in [0.717, 1.165) is 17.0 Å². The predicted octanol–water partition coefficient (Wildman–Crippen LogP) is 3.86. The van der Waals surface area contributed by atoms with E-state index in [1.807, 2.05) is 36.4 Å². The maximum atomic E-state index is 10.6. The number of anilines is 1. The second-order valence-electron chi connectivity index (χ2n) is 5.06. The van der Waals surface area contributed by atoms with Crippen LogP contribution in [0.3, 0.4) is 0 Å². The minimum absolute atomic E-state index is 0. The van der Waals surface area contributed by atoms with E-state index < -0.39 is 12.1 Å². The molecule has 0 atom stereocenters. The Morgan fingerprint density at radius 3 is 2.32 bits per heavy atom. The Bertz CT molecular complexity index is 965. The molecule has 2 heterocycles. The normalized spacial score (nSPS) is 10.1. The number of benzene rings is 1. The van der Waals surface area contributed by atoms with E-state index in [1.54, 1.807) is 12.5 Å². The topological polar surface area (TPSA) is 129 Å². The molecule has 0 aliphatic heterocycles. The number of rotatable bonds is 2. The summed E-state index contributed by atoms with van der Waals surface area (Å²) in [5, 5.41) is 16.4. The van der Waals surface area contributed by atoms with E-state index in [-0.39, 0.29) is 13.2 Å². The summed E-state index contributed by atoms with van der Waals surface area (Å²) in [6.45, 7) is 0. The molecular formula is C18H16F3N5O2. The summed E-state index contributed by atoms with van der Waals surface area (Å²) in [6.07, 6.45) is -1.86. The molecule has 1 aromatic carbocycles. The van der Waals surface area contributed by atoms with Crippen molar-refractivity contribution in [3.63, 3.8) is 0 Å². The lowest BCUT2D eigenvalue weighted by Gasteiger charge is -2.08. The minimum Gasteiger partial charge on any atom is -0.475 e. The van der Waals surface area contributed by atoms with Gasteiger partial charge in [0.15, 0.2) is 0 Å². The number of halogens is 3. The van der Waals surface area contributed by atoms with Crippen molar-refractivity contribution in [1.82, 2.24) is 15.0 Å². The quantitative estimate of drug-likeness (QED) is 0.608. The highest BCUT2D eigenvalue weighted by Crippen LogP contribution is 2.29. The fraction of sp³-hybridized carbons (Fsp3) is 0.111. The van der Waals surface area contributed by atoms with E-state index in [9.17, 15) is 18.4 Å². The number of aliphatic carboxylic acids is 1. The first-order chi connectivity index (χ1) is 12.7. The Morgan fingerprint density at radius 2 is 1.86 bits per heavy atom. The molecule has 7 nitrogen and oxygen atoms in total. The van der Waals surface area contributed by atoms with Gasteiger partial charge in [0, 0.05) is 11.1 Å². The maximum Gasteiger partial charge on any atom is 0.490 e. The van der Waals surface area contributed by atoms with Gasteiger partial charge < -0.3 is 15.8 Å². The number of pyridine rings is 1. The smallest absolute Gasteiger partial charge is 0.475 e. The van der Waals surface area contributed by atoms with Crippen LogP contribution in [0, 0.1) is 11.3 Å². The summed E-state index contributed by atoms with van der Waals surface area (Å²) in [5.74, 6) is -2.54. The van der Waals surface area contributed by atoms with Crippen LogP contribution in [0.25, 0.3) is 22.5 Å². The zero-order valence-electron chi connectivity index (χ0n) is 13.5. The van der Waals surface area contributed by atoms with Crippen LogP contribution >= 0.6 is 0 Å². The van der Waals surface area contributed by atoms with E-state index in [4.69, 9.17) is 15.6 Å². The summed E-state index contributed by atoms with van der Waals surface area (Å²) in [7, 11) is 0. The van der Waals surface area contributed by atoms with Crippen molar-refractivity contribution < 1.29 is 23.1 Å². The van der Waals surface area contributed by atoms with Crippen LogP contribution in [-0.2, 0) is 4.79 Å². The number of carbonyl (C=O) groups is 1. The summed E-state index contributed by atoms with van der Waals surface area (Å²) < 4.78 is 31.7. The zero-order valence-corrected chi connectivity index (χ0v) is 13.5. The molecule has 0 aliphatic carbocycles. The van der Waals surface area contributed by atoms with Crippen LogP contribution in [0.15, 0.2) is 48.9 Å². The van der Waals surface area contributed by atoms with E-state index in [1.165, 1.54) is 0 Å². The molecule has 4 N–H and O–H groups in total. The lowest BCUT2D eigenvalue weighted by molar-refractivity contribution is -0.192. The van der Waals surface area contributed by atoms with Gasteiger partial charge in [0.05, 0.1) is 23.9 Å². The third-order valence-corrected chi connectivity index (χ3v) is 3.26. The molecule has 28 heavy (non-hydrogen) atoms. The number of nitrogens with one attached hydrogen (secondary N) is 1. The summed E-state index contributed by atoms with van der Waals surface area (Å²) in [5.41, 5.74) is 9.39. The molecule has 0 bridgehead atoms. The second kappa shape index (κ2) is 9.18. The number of hydrogen-bond acceptors (Lipinski definition) is 5. The molecule has 0 fully saturated rings. The largest absolute Gasteiger partial charge is 0.490 e. The molecule has 146 valence electrons. The monoisotopic (exact) mass is 391 g/mol. The molecule has 0 aliphatic rings. The van der Waals surface area contributed by atoms with Crippen LogP contribution in [-0.4, -0.2) is 32.2 Å². The average molecular weight is 391 g/mol. The number of nitriles is 1. The molecule has 2 aromatic heterocycles. The highest BCUT2D eigenvalue weighted by Gasteiger charge is 2.38. The number of nitrogens with zero attached hydrogens (tertiary/aromatic N) is 3. The summed E-state index contributed by atoms with van der Waals surface area (Å²) in [4.78, 5) is 20.2. The number of nitrogen functional groups attached to an aromatic ring is 1. The number of nitrogens with two attached hydrogens (primary N) is 1. The highest BCUT2D eigenvalue weighted by molar-refractivity contribution is 5.78. The van der Waals surface area contributed by atoms with Crippen molar-refractivity contribution in [2.24, 2.45) is 0 Å². The number of alkyl halides is 3. The van der Waals surface area contributed by atoms with Gasteiger partial charge in [-0.1, -0.05) is 37.8 Å². The third kappa shape index (κ3) is 5.31. The first-order valence-corrected chi connectivity index (χ1v) is 7.29. The number of carboxylic acids is 1. The SMILES string of the molecule is C.N#Cc1c(-c2cnc[nH]2)cc(-c2ccccc2)nc1N.O=C(O)C(F)(F)F. The lowest BCUT2D eigenvalue weighted by Crippen LogP contribution is -2.21. The Balaban J connectivity index is 0.000000425. The molecule has 0 spiro atoms. The van der Waals surface area contributed by atoms with Gasteiger partial charge >= 0.3 is 12.1 Å². The summed E-state index contributed by atoms with van der Waals surface area (Å²) in [6, 6.07) is 13.6. The van der Waals surface area contributed by atoms with Crippen LogP contribution < -0.4 is 5.73 Å². The molecular weight excluding hydrogens is 375 g/mol. The standard InChI is InChI=1S/C15H11N5.C2HF3O2.CH4/c16-7-12-11(14-8-18-9-19-14)6-13(20-15(12)17)10-4-2-1-3-5-10;3-2(4,5)1(6)7;/h1-6,8-9H,(H2,17,20)(H,18,19);(H,6,7);1H4. The van der Waals surface area contributed by atoms with Crippen LogP contribution in [0.5, 0.6) is 0 Å². The Kier molecular flexibility index (Phi) is 7.27. The molecule has 0 radical (unpaired) electrons. The number of imidazole rings is 1. The molecule has 0 saturated heterocycles. The van der Waals surface area contributed by atoms with Crippen molar-refractivity contribution >= 4 is 11.8 Å². The molecule has 0 amide bonds. The van der Waals surface area contributed by atoms with Crippen LogP contribution in [0.4, 0.5) is 19.0 Å². The van der Waals surface area contributed by atoms with Gasteiger partial charge in [-0.3, -0.25) is 0 Å². The number of carboxylic acid groups (broad SMARTS) is 1. The van der Waals surface area contributed by atoms with Gasteiger partial charge in [-0.15, -0.1) is 0 Å². The molecule has 10 heteroatoms. The van der Waals surface area contributed by atoms with Gasteiger partial charge in [-0.05, 0) is 6.07 Å². The highest BCUT2D eigenvalue weighted by atomic mass is 19.4. The van der Waals surface area contributed by atoms with Crippen molar-refractivity contribution in [3.05, 3.63) is 54.5 Å². The predicted molar refractivity (Wildman–Crippen MR) is 96.8 cm³/mol. The van der Waals surface area contributed by atoms with E-state index in [0.29, 0.717) is 11.1 Å². The fourth-order valence-electron chi connectivity index (χ4n) is 2.05. The van der Waals surface area contributed by atoms with Gasteiger partial charge in [0.1, 0.15) is 17.5 Å². The second-order valence-corrected chi connectivity index (χ2v) is 5.06. The average Bonchev–Trinajstić information content (AvgIpc) is 3.16. The van der Waals surface area contributed by atoms with Gasteiger partial charge in [0.2, 0.25) is 0 Å². The molecule has 0 unspecified atom stereocenters. The van der Waals surface area contributed by atoms with Gasteiger partial charge in [-0.25, -0.2) is 14.8 Å². The third-order valence-electron chi connectivity index (χ3n) is 3.26.